The summed E-state index contributed by atoms with van der Waals surface area (Å²) in [5.41, 5.74) is -2.00. The van der Waals surface area contributed by atoms with Crippen LogP contribution in [0.25, 0.3) is 12.2 Å². The molecule has 16 heavy (non-hydrogen) atoms. The number of para-hydroxylation sites is 1. The predicted molar refractivity (Wildman–Crippen MR) is 77.4 cm³/mol. The van der Waals surface area contributed by atoms with Crippen LogP contribution in [-0.4, -0.2) is 23.9 Å². The molecular weight excluding hydrogens is 366 g/mol. The Kier molecular flexibility index (Phi) is 6.98. The molecule has 6 heteroatoms. The van der Waals surface area contributed by atoms with Crippen LogP contribution >= 0.6 is 5.69 Å². The molecule has 0 aliphatic carbocycles. The van der Waals surface area contributed by atoms with E-state index < -0.39 is 5.69 Å². The van der Waals surface area contributed by atoms with Crippen molar-refractivity contribution in [3.63, 3.8) is 0 Å². The van der Waals surface area contributed by atoms with Crippen LogP contribution in [0.4, 0.5) is 0 Å². The van der Waals surface area contributed by atoms with Gasteiger partial charge in [-0.05, 0) is 0 Å². The van der Waals surface area contributed by atoms with Gasteiger partial charge in [0.15, 0.2) is 0 Å². The van der Waals surface area contributed by atoms with E-state index in [-0.39, 0.29) is 23.9 Å². The van der Waals surface area contributed by atoms with Crippen molar-refractivity contribution in [2.45, 2.75) is 0 Å². The van der Waals surface area contributed by atoms with E-state index in [0.717, 1.165) is 0 Å². The number of rotatable bonds is 4. The van der Waals surface area contributed by atoms with Crippen LogP contribution < -0.4 is 9.42 Å². The molecule has 0 N–H and O–H groups in total. The van der Waals surface area contributed by atoms with E-state index in [9.17, 15) is 4.89 Å². The molecule has 1 aromatic rings. The van der Waals surface area contributed by atoms with Crippen LogP contribution in [-0.2, 0) is 24.1 Å². The zero-order chi connectivity index (χ0) is 11.5. The Morgan fingerprint density at radius 3 is 2.06 bits per heavy atom. The molecule has 0 spiro atoms. The zero-order valence-electron chi connectivity index (χ0n) is 8.59. The number of hydrogen-bond acceptors (Lipinski definition) is 4. The number of benzene rings is 1. The molecule has 0 saturated heterocycles. The van der Waals surface area contributed by atoms with Gasteiger partial charge in [0.05, 0.1) is 0 Å². The van der Waals surface area contributed by atoms with Crippen molar-refractivity contribution >= 4 is 65.8 Å². The van der Waals surface area contributed by atoms with E-state index in [4.69, 9.17) is 4.52 Å². The van der Waals surface area contributed by atoms with Gasteiger partial charge in [-0.1, -0.05) is 61.0 Å². The van der Waals surface area contributed by atoms with E-state index >= 15 is 0 Å². The van der Waals surface area contributed by atoms with E-state index in [0.29, 0.717) is 16.9 Å². The van der Waals surface area contributed by atoms with Crippen molar-refractivity contribution in [3.8, 4) is 5.75 Å². The van der Waals surface area contributed by atoms with Gasteiger partial charge in [-0.25, -0.2) is 0 Å². The van der Waals surface area contributed by atoms with Gasteiger partial charge in [0.1, 0.15) is 5.75 Å². The first-order valence-corrected chi connectivity index (χ1v) is 7.72. The normalized spacial score (nSPS) is 13.1. The average molecular weight is 377 g/mol. The maximum absolute atomic E-state index is 11.3. The van der Waals surface area contributed by atoms with Crippen LogP contribution in [0.3, 0.4) is 0 Å². The molecule has 0 aliphatic rings. The summed E-state index contributed by atoms with van der Waals surface area (Å²) in [6, 6.07) is 5.36. The second kappa shape index (κ2) is 6.86. The Hall–Kier alpha value is 0.259. The number of hydrogen-bond donors (Lipinski definition) is 0. The van der Waals surface area contributed by atoms with Gasteiger partial charge in [-0.2, -0.15) is 0 Å². The van der Waals surface area contributed by atoms with Crippen LogP contribution in [0.5, 0.6) is 5.75 Å². The topological polar surface area (TPSA) is 32.3 Å². The Morgan fingerprint density at radius 2 is 1.75 bits per heavy atom. The average Bonchev–Trinajstić information content (AvgIpc) is 2.16. The quantitative estimate of drug-likeness (QED) is 0.453. The van der Waals surface area contributed by atoms with Gasteiger partial charge in [0.25, 0.3) is 0 Å². The summed E-state index contributed by atoms with van der Waals surface area (Å²) in [7, 11) is 0. The van der Waals surface area contributed by atoms with E-state index in [1.54, 1.807) is 24.3 Å². The zero-order valence-corrected chi connectivity index (χ0v) is 15.2. The molecule has 0 heterocycles. The Labute approximate surface area is 123 Å². The Bertz CT molecular complexity index is 416. The molecule has 1 atom stereocenters. The second-order valence-corrected chi connectivity index (χ2v) is 7.37. The molecule has 0 aliphatic heterocycles. The molecule has 1 rings (SSSR count). The summed E-state index contributed by atoms with van der Waals surface area (Å²) >= 11 is 9.12. The van der Waals surface area contributed by atoms with Crippen molar-refractivity contribution in [2.24, 2.45) is 0 Å². The minimum absolute atomic E-state index is 0. The van der Waals surface area contributed by atoms with Crippen molar-refractivity contribution in [1.29, 1.82) is 0 Å². The van der Waals surface area contributed by atoms with E-state index in [2.05, 4.69) is 37.2 Å². The fourth-order valence-electron chi connectivity index (χ4n) is 1.11. The molecule has 1 aromatic carbocycles. The SMILES string of the molecule is C=Cc1cccc(C=C)c1OP([O-])(=S)[S-].[SnH2+2]. The molecule has 0 saturated carbocycles. The summed E-state index contributed by atoms with van der Waals surface area (Å²) in [6.45, 7) is 7.25. The van der Waals surface area contributed by atoms with Gasteiger partial charge in [-0.3, -0.25) is 0 Å². The Morgan fingerprint density at radius 1 is 1.31 bits per heavy atom. The third-order valence-corrected chi connectivity index (χ3v) is 2.57. The summed E-state index contributed by atoms with van der Waals surface area (Å²) in [5.74, 6) is 0.385. The maximum atomic E-state index is 11.3. The minimum atomic E-state index is -3.40. The summed E-state index contributed by atoms with van der Waals surface area (Å²) in [6.07, 6.45) is 3.17. The van der Waals surface area contributed by atoms with Crippen LogP contribution in [0.2, 0.25) is 0 Å². The third-order valence-electron chi connectivity index (χ3n) is 1.72. The molecule has 1 unspecified atom stereocenters. The first-order valence-electron chi connectivity index (χ1n) is 4.07. The Balaban J connectivity index is 0.00000225. The van der Waals surface area contributed by atoms with Gasteiger partial charge in [0.2, 0.25) is 0 Å². The molecule has 0 bridgehead atoms. The monoisotopic (exact) mass is 378 g/mol. The van der Waals surface area contributed by atoms with E-state index in [1.165, 1.54) is 0 Å². The molecule has 0 amide bonds. The summed E-state index contributed by atoms with van der Waals surface area (Å²) in [4.78, 5) is 11.3. The summed E-state index contributed by atoms with van der Waals surface area (Å²) in [5, 5.41) is 0. The van der Waals surface area contributed by atoms with Crippen molar-refractivity contribution in [3.05, 3.63) is 42.5 Å². The molecule has 84 valence electrons. The first kappa shape index (κ1) is 16.3. The fourth-order valence-corrected chi connectivity index (χ4v) is 1.99. The third kappa shape index (κ3) is 4.63. The second-order valence-electron chi connectivity index (χ2n) is 2.71. The molecule has 0 radical (unpaired) electrons. The standard InChI is InChI=1S/C10H11O2PS2.Sn.2H/c1-3-8-6-5-7-9(4-2)10(8)12-13(11,14)15;;;/h3-7H,1-2H2,(H2,11,14,15);;;/q;+2;;/p-2. The predicted octanol–water partition coefficient (Wildman–Crippen LogP) is 1.57. The van der Waals surface area contributed by atoms with Gasteiger partial charge in [-0.15, -0.1) is 0 Å². The van der Waals surface area contributed by atoms with Gasteiger partial charge in [0, 0.05) is 11.1 Å². The van der Waals surface area contributed by atoms with Crippen LogP contribution in [0, 0.1) is 0 Å². The van der Waals surface area contributed by atoms with E-state index in [1.807, 2.05) is 6.07 Å². The van der Waals surface area contributed by atoms with Crippen molar-refractivity contribution < 1.29 is 9.42 Å². The van der Waals surface area contributed by atoms with Gasteiger partial charge >= 0.3 is 23.9 Å². The molecule has 2 nitrogen and oxygen atoms in total. The molecule has 0 fully saturated rings. The van der Waals surface area contributed by atoms with Crippen LogP contribution in [0.15, 0.2) is 31.4 Å². The first-order chi connectivity index (χ1) is 6.98. The molecular formula is C10H11O2PS2Sn. The molecule has 0 aromatic heterocycles. The fraction of sp³-hybridized carbons (Fsp3) is 0. The summed E-state index contributed by atoms with van der Waals surface area (Å²) < 4.78 is 5.09. The van der Waals surface area contributed by atoms with Crippen molar-refractivity contribution in [1.82, 2.24) is 0 Å². The van der Waals surface area contributed by atoms with Crippen LogP contribution in [0.1, 0.15) is 11.1 Å². The van der Waals surface area contributed by atoms with Crippen molar-refractivity contribution in [2.75, 3.05) is 0 Å². The van der Waals surface area contributed by atoms with Gasteiger partial charge < -0.3 is 21.7 Å².